The molecule has 0 aliphatic carbocycles. The van der Waals surface area contributed by atoms with E-state index in [4.69, 9.17) is 4.42 Å². The zero-order chi connectivity index (χ0) is 22.0. The van der Waals surface area contributed by atoms with E-state index in [1.165, 1.54) is 12.1 Å². The summed E-state index contributed by atoms with van der Waals surface area (Å²) in [5.41, 5.74) is 1.25. The van der Waals surface area contributed by atoms with Gasteiger partial charge >= 0.3 is 5.63 Å². The van der Waals surface area contributed by atoms with E-state index in [9.17, 15) is 18.0 Å². The van der Waals surface area contributed by atoms with Gasteiger partial charge in [0.15, 0.2) is 14.9 Å². The molecule has 4 aromatic rings. The largest absolute Gasteiger partial charge is 0.422 e. The smallest absolute Gasteiger partial charge is 0.349 e. The van der Waals surface area contributed by atoms with Gasteiger partial charge in [-0.1, -0.05) is 37.3 Å². The molecular weight excluding hydrogens is 418 g/mol. The van der Waals surface area contributed by atoms with Crippen molar-refractivity contribution in [3.8, 4) is 11.3 Å². The number of hydrogen-bond donors (Lipinski definition) is 1. The summed E-state index contributed by atoms with van der Waals surface area (Å²) in [6.07, 6.45) is 0. The number of carbonyl (C=O) groups is 1. The molecule has 0 unspecified atom stereocenters. The predicted octanol–water partition coefficient (Wildman–Crippen LogP) is 3.30. The number of hydrogen-bond acceptors (Lipinski definition) is 7. The first-order valence-corrected chi connectivity index (χ1v) is 11.0. The van der Waals surface area contributed by atoms with Crippen LogP contribution in [0.15, 0.2) is 81.0 Å². The second-order valence-electron chi connectivity index (χ2n) is 6.68. The Bertz CT molecular complexity index is 1430. The number of aromatic nitrogens is 2. The lowest BCUT2D eigenvalue weighted by molar-refractivity contribution is 0.102. The van der Waals surface area contributed by atoms with Gasteiger partial charge in [-0.2, -0.15) is 0 Å². The number of nitrogens with one attached hydrogen (secondary N) is 1. The van der Waals surface area contributed by atoms with Gasteiger partial charge in [0.1, 0.15) is 11.1 Å². The first-order valence-electron chi connectivity index (χ1n) is 9.38. The maximum Gasteiger partial charge on any atom is 0.349 e. The molecule has 8 nitrogen and oxygen atoms in total. The maximum atomic E-state index is 12.5. The van der Waals surface area contributed by atoms with E-state index in [2.05, 4.69) is 15.5 Å². The summed E-state index contributed by atoms with van der Waals surface area (Å²) >= 11 is 0. The van der Waals surface area contributed by atoms with Gasteiger partial charge in [-0.25, -0.2) is 13.2 Å². The molecule has 0 radical (unpaired) electrons. The van der Waals surface area contributed by atoms with E-state index in [1.807, 2.05) is 0 Å². The van der Waals surface area contributed by atoms with Gasteiger partial charge in [-0.15, -0.1) is 10.2 Å². The SMILES string of the molecule is CCS(=O)(=O)c1ccc(-c2ccc(NC(=O)c3cc4ccccc4oc3=O)cc2)nn1. The molecule has 1 amide bonds. The molecule has 0 fully saturated rings. The number of amides is 1. The van der Waals surface area contributed by atoms with Gasteiger partial charge in [0, 0.05) is 16.6 Å². The van der Waals surface area contributed by atoms with Crippen LogP contribution in [-0.2, 0) is 9.84 Å². The molecule has 1 N–H and O–H groups in total. The van der Waals surface area contributed by atoms with Crippen LogP contribution in [0.4, 0.5) is 5.69 Å². The number of sulfone groups is 1. The van der Waals surface area contributed by atoms with Crippen LogP contribution in [0.3, 0.4) is 0 Å². The van der Waals surface area contributed by atoms with Crippen LogP contribution in [0.5, 0.6) is 0 Å². The van der Waals surface area contributed by atoms with E-state index in [0.29, 0.717) is 27.9 Å². The highest BCUT2D eigenvalue weighted by Gasteiger charge is 2.15. The predicted molar refractivity (Wildman–Crippen MR) is 116 cm³/mol. The van der Waals surface area contributed by atoms with Crippen LogP contribution in [0.25, 0.3) is 22.2 Å². The minimum atomic E-state index is -3.42. The van der Waals surface area contributed by atoms with Gasteiger partial charge in [0.2, 0.25) is 0 Å². The van der Waals surface area contributed by atoms with Crippen LogP contribution < -0.4 is 10.9 Å². The zero-order valence-electron chi connectivity index (χ0n) is 16.4. The Hall–Kier alpha value is -3.85. The standard InChI is InChI=1S/C22H17N3O5S/c1-2-31(28,29)20-12-11-18(24-25-20)14-7-9-16(10-8-14)23-21(26)17-13-15-5-3-4-6-19(15)30-22(17)27/h3-13H,2H2,1H3,(H,23,26). The van der Waals surface area contributed by atoms with Crippen molar-refractivity contribution in [1.29, 1.82) is 0 Å². The van der Waals surface area contributed by atoms with E-state index < -0.39 is 21.4 Å². The summed E-state index contributed by atoms with van der Waals surface area (Å²) in [6, 6.07) is 18.1. The molecular formula is C22H17N3O5S. The highest BCUT2D eigenvalue weighted by atomic mass is 32.2. The number of anilines is 1. The van der Waals surface area contributed by atoms with E-state index in [1.54, 1.807) is 61.5 Å². The van der Waals surface area contributed by atoms with Crippen molar-refractivity contribution >= 4 is 32.4 Å². The summed E-state index contributed by atoms with van der Waals surface area (Å²) in [7, 11) is -3.42. The second kappa shape index (κ2) is 8.11. The highest BCUT2D eigenvalue weighted by Crippen LogP contribution is 2.21. The normalized spacial score (nSPS) is 11.4. The van der Waals surface area contributed by atoms with Crippen LogP contribution >= 0.6 is 0 Å². The van der Waals surface area contributed by atoms with E-state index in [-0.39, 0.29) is 16.3 Å². The van der Waals surface area contributed by atoms with Crippen molar-refractivity contribution in [3.05, 3.63) is 82.7 Å². The molecule has 0 aliphatic heterocycles. The second-order valence-corrected chi connectivity index (χ2v) is 8.90. The quantitative estimate of drug-likeness (QED) is 0.478. The topological polar surface area (TPSA) is 119 Å². The van der Waals surface area contributed by atoms with Gasteiger partial charge in [0.05, 0.1) is 11.4 Å². The third-order valence-electron chi connectivity index (χ3n) is 4.66. The first kappa shape index (κ1) is 20.4. The molecule has 0 spiro atoms. The van der Waals surface area contributed by atoms with Crippen molar-refractivity contribution in [1.82, 2.24) is 10.2 Å². The number of benzene rings is 2. The number of rotatable bonds is 5. The highest BCUT2D eigenvalue weighted by molar-refractivity contribution is 7.91. The summed E-state index contributed by atoms with van der Waals surface area (Å²) < 4.78 is 28.9. The lowest BCUT2D eigenvalue weighted by atomic mass is 10.1. The zero-order valence-corrected chi connectivity index (χ0v) is 17.2. The fraction of sp³-hybridized carbons (Fsp3) is 0.0909. The van der Waals surface area contributed by atoms with Crippen molar-refractivity contribution in [2.45, 2.75) is 11.9 Å². The molecule has 2 aromatic heterocycles. The third-order valence-corrected chi connectivity index (χ3v) is 6.28. The first-order chi connectivity index (χ1) is 14.9. The van der Waals surface area contributed by atoms with Gasteiger partial charge in [0.25, 0.3) is 5.91 Å². The van der Waals surface area contributed by atoms with E-state index >= 15 is 0 Å². The van der Waals surface area contributed by atoms with Crippen molar-refractivity contribution < 1.29 is 17.6 Å². The third kappa shape index (κ3) is 4.22. The van der Waals surface area contributed by atoms with Gasteiger partial charge < -0.3 is 9.73 Å². The van der Waals surface area contributed by atoms with Gasteiger partial charge in [-0.05, 0) is 36.4 Å². The Morgan fingerprint density at radius 1 is 1.00 bits per heavy atom. The van der Waals surface area contributed by atoms with Crippen molar-refractivity contribution in [3.63, 3.8) is 0 Å². The van der Waals surface area contributed by atoms with Crippen LogP contribution in [0, 0.1) is 0 Å². The molecule has 31 heavy (non-hydrogen) atoms. The van der Waals surface area contributed by atoms with Gasteiger partial charge in [-0.3, -0.25) is 4.79 Å². The number of nitrogens with zero attached hydrogens (tertiary/aromatic N) is 2. The number of carbonyl (C=O) groups excluding carboxylic acids is 1. The molecule has 0 saturated heterocycles. The minimum Gasteiger partial charge on any atom is -0.422 e. The summed E-state index contributed by atoms with van der Waals surface area (Å²) in [5, 5.41) is 11.0. The Balaban J connectivity index is 1.53. The molecule has 9 heteroatoms. The molecule has 2 aromatic carbocycles. The number of fused-ring (bicyclic) bond motifs is 1. The fourth-order valence-corrected chi connectivity index (χ4v) is 3.67. The molecule has 0 bridgehead atoms. The summed E-state index contributed by atoms with van der Waals surface area (Å²) in [6.45, 7) is 1.54. The average Bonchev–Trinajstić information content (AvgIpc) is 2.79. The van der Waals surface area contributed by atoms with Crippen molar-refractivity contribution in [2.75, 3.05) is 11.1 Å². The van der Waals surface area contributed by atoms with Crippen LogP contribution in [0.1, 0.15) is 17.3 Å². The molecule has 0 aliphatic rings. The Morgan fingerprint density at radius 3 is 2.42 bits per heavy atom. The molecule has 0 atom stereocenters. The molecule has 2 heterocycles. The average molecular weight is 435 g/mol. The Kier molecular flexibility index (Phi) is 5.35. The number of para-hydroxylation sites is 1. The van der Waals surface area contributed by atoms with Crippen LogP contribution in [0.2, 0.25) is 0 Å². The lowest BCUT2D eigenvalue weighted by Crippen LogP contribution is -2.20. The van der Waals surface area contributed by atoms with Crippen LogP contribution in [-0.4, -0.2) is 30.3 Å². The van der Waals surface area contributed by atoms with Crippen molar-refractivity contribution in [2.24, 2.45) is 0 Å². The summed E-state index contributed by atoms with van der Waals surface area (Å²) in [4.78, 5) is 24.7. The Labute approximate surface area is 177 Å². The van der Waals surface area contributed by atoms with E-state index in [0.717, 1.165) is 0 Å². The maximum absolute atomic E-state index is 12.5. The molecule has 156 valence electrons. The Morgan fingerprint density at radius 2 is 1.74 bits per heavy atom. The lowest BCUT2D eigenvalue weighted by Gasteiger charge is -2.07. The molecule has 0 saturated carbocycles. The molecule has 4 rings (SSSR count). The minimum absolute atomic E-state index is 0.0506. The fourth-order valence-electron chi connectivity index (χ4n) is 2.93. The summed E-state index contributed by atoms with van der Waals surface area (Å²) in [5.74, 6) is -0.633. The monoisotopic (exact) mass is 435 g/mol.